The molecular weight excluding hydrogens is 787 g/mol. The lowest BCUT2D eigenvalue weighted by molar-refractivity contribution is -0.159. The van der Waals surface area contributed by atoms with Gasteiger partial charge in [-0.05, 0) is 32.1 Å². The highest BCUT2D eigenvalue weighted by Gasteiger charge is 2.59. The third-order valence-electron chi connectivity index (χ3n) is 12.9. The van der Waals surface area contributed by atoms with E-state index in [1.165, 1.54) is 17.9 Å². The molecule has 15 atom stereocenters. The minimum atomic E-state index is -0.976. The Bertz CT molecular complexity index is 1520. The highest BCUT2D eigenvalue weighted by atomic mass is 16.6. The Hall–Kier alpha value is -3.24. The number of hydrogen-bond donors (Lipinski definition) is 1. The second kappa shape index (κ2) is 25.2. The molecule has 0 aromatic heterocycles. The van der Waals surface area contributed by atoms with Gasteiger partial charge < -0.3 is 47.9 Å². The first-order chi connectivity index (χ1) is 28.9. The molecule has 0 aromatic carbocycles. The normalized spacial score (nSPS) is 32.1. The van der Waals surface area contributed by atoms with Crippen LogP contribution in [-0.2, 0) is 57.1 Å². The van der Waals surface area contributed by atoms with E-state index in [2.05, 4.69) is 12.2 Å². The summed E-state index contributed by atoms with van der Waals surface area (Å²) >= 11 is 0. The number of hydrogen-bond acceptors (Lipinski definition) is 13. The smallest absolute Gasteiger partial charge is 0.331 e. The Morgan fingerprint density at radius 3 is 2.26 bits per heavy atom. The molecule has 1 saturated heterocycles. The van der Waals surface area contributed by atoms with Crippen molar-refractivity contribution in [1.29, 1.82) is 0 Å². The number of allylic oxidation sites excluding steroid dienone is 2. The van der Waals surface area contributed by atoms with Crippen LogP contribution in [0, 0.1) is 29.6 Å². The molecule has 1 spiro atoms. The predicted octanol–water partition coefficient (Wildman–Crippen LogP) is 5.94. The molecule has 3 aliphatic heterocycles. The largest absolute Gasteiger partial charge is 0.461 e. The van der Waals surface area contributed by atoms with Gasteiger partial charge in [0.2, 0.25) is 6.41 Å². The third kappa shape index (κ3) is 15.2. The van der Waals surface area contributed by atoms with Crippen molar-refractivity contribution in [1.82, 2.24) is 4.90 Å². The summed E-state index contributed by atoms with van der Waals surface area (Å²) in [6.07, 6.45) is 12.6. The molecule has 0 saturated carbocycles. The molecule has 61 heavy (non-hydrogen) atoms. The summed E-state index contributed by atoms with van der Waals surface area (Å²) in [4.78, 5) is 51.7. The minimum Gasteiger partial charge on any atom is -0.461 e. The molecule has 3 rings (SSSR count). The lowest BCUT2D eigenvalue weighted by Gasteiger charge is -2.39. The van der Waals surface area contributed by atoms with Crippen LogP contribution in [-0.4, -0.2) is 137 Å². The first-order valence-corrected chi connectivity index (χ1v) is 21.8. The number of cyclic esters (lactones) is 1. The highest BCUT2D eigenvalue weighted by Crippen LogP contribution is 2.43. The summed E-state index contributed by atoms with van der Waals surface area (Å²) < 4.78 is 48.8. The van der Waals surface area contributed by atoms with E-state index in [9.17, 15) is 24.3 Å². The van der Waals surface area contributed by atoms with Crippen LogP contribution in [0.25, 0.3) is 0 Å². The number of fused-ring (bicyclic) bond motifs is 2. The number of Topliss-reactive ketones (excluding diaryl/α,β-unsaturated/α-hetero) is 1. The fourth-order valence-electron chi connectivity index (χ4n) is 8.79. The lowest BCUT2D eigenvalue weighted by Crippen LogP contribution is -2.50. The first kappa shape index (κ1) is 52.1. The van der Waals surface area contributed by atoms with Crippen LogP contribution < -0.4 is 0 Å². The van der Waals surface area contributed by atoms with Crippen molar-refractivity contribution in [3.8, 4) is 0 Å². The number of carbonyl (C=O) groups excluding carboxylic acids is 4. The molecule has 3 aliphatic rings. The summed E-state index contributed by atoms with van der Waals surface area (Å²) in [5, 5.41) is 11.9. The van der Waals surface area contributed by atoms with Gasteiger partial charge >= 0.3 is 11.9 Å². The van der Waals surface area contributed by atoms with Crippen molar-refractivity contribution in [2.45, 2.75) is 154 Å². The maximum atomic E-state index is 13.6. The van der Waals surface area contributed by atoms with Crippen LogP contribution in [0.15, 0.2) is 48.2 Å². The van der Waals surface area contributed by atoms with Gasteiger partial charge in [0.15, 0.2) is 0 Å². The van der Waals surface area contributed by atoms with Crippen LogP contribution >= 0.6 is 0 Å². The Morgan fingerprint density at radius 1 is 1.00 bits per heavy atom. The molecule has 346 valence electrons. The number of epoxide rings is 1. The fourth-order valence-corrected chi connectivity index (χ4v) is 8.79. The number of esters is 2. The molecule has 1 amide bonds. The lowest BCUT2D eigenvalue weighted by atomic mass is 9.78. The van der Waals surface area contributed by atoms with Crippen molar-refractivity contribution >= 4 is 24.1 Å². The number of ketones is 1. The molecule has 2 bridgehead atoms. The van der Waals surface area contributed by atoms with Crippen molar-refractivity contribution in [2.75, 3.05) is 42.1 Å². The third-order valence-corrected chi connectivity index (χ3v) is 12.9. The zero-order chi connectivity index (χ0) is 45.4. The van der Waals surface area contributed by atoms with Gasteiger partial charge in [-0.3, -0.25) is 14.4 Å². The second-order valence-corrected chi connectivity index (χ2v) is 17.4. The van der Waals surface area contributed by atoms with Crippen molar-refractivity contribution < 1.29 is 62.2 Å². The van der Waals surface area contributed by atoms with Crippen molar-refractivity contribution in [3.63, 3.8) is 0 Å². The van der Waals surface area contributed by atoms with Gasteiger partial charge in [0.1, 0.15) is 23.6 Å². The van der Waals surface area contributed by atoms with Crippen LogP contribution in [0.3, 0.4) is 0 Å². The molecule has 0 radical (unpaired) electrons. The molecule has 0 aliphatic carbocycles. The molecule has 1 N–H and O–H groups in total. The van der Waals surface area contributed by atoms with Crippen LogP contribution in [0.1, 0.15) is 93.4 Å². The zero-order valence-electron chi connectivity index (χ0n) is 38.7. The average Bonchev–Trinajstić information content (AvgIpc) is 4.06. The number of aliphatic hydroxyl groups is 1. The van der Waals surface area contributed by atoms with Gasteiger partial charge in [-0.1, -0.05) is 70.6 Å². The van der Waals surface area contributed by atoms with E-state index in [1.54, 1.807) is 60.8 Å². The van der Waals surface area contributed by atoms with E-state index in [4.69, 9.17) is 37.9 Å². The van der Waals surface area contributed by atoms with Gasteiger partial charge in [-0.15, -0.1) is 0 Å². The molecule has 0 aromatic rings. The van der Waals surface area contributed by atoms with Gasteiger partial charge in [-0.2, -0.15) is 0 Å². The molecule has 1 fully saturated rings. The number of carbonyl (C=O) groups is 4. The number of methoxy groups -OCH3 is 4. The Balaban J connectivity index is 1.89. The van der Waals surface area contributed by atoms with Gasteiger partial charge in [0.25, 0.3) is 0 Å². The number of ether oxygens (including phenoxy) is 8. The van der Waals surface area contributed by atoms with Gasteiger partial charge in [-0.25, -0.2) is 4.79 Å². The number of rotatable bonds is 17. The van der Waals surface area contributed by atoms with E-state index in [1.807, 2.05) is 40.7 Å². The SMILES string of the molecule is COC1CC=C(C)C=CC(=O)OC(C(C)C(O)C(C)CCC(=O)C(C)C(OC(C)=O)C(C)C=CN(C)C=O)C(C)C(OC)CC(OC)C2(CO2)C(OC)CC2CC=CC(C1)O2. The van der Waals surface area contributed by atoms with E-state index in [0.717, 1.165) is 12.0 Å². The average molecular weight is 862 g/mol. The first-order valence-electron chi connectivity index (χ1n) is 21.8. The summed E-state index contributed by atoms with van der Waals surface area (Å²) in [5.41, 5.74) is 0.117. The quantitative estimate of drug-likeness (QED) is 0.0790. The molecule has 14 heteroatoms. The maximum absolute atomic E-state index is 13.6. The highest BCUT2D eigenvalue weighted by molar-refractivity contribution is 5.83. The second-order valence-electron chi connectivity index (χ2n) is 17.4. The predicted molar refractivity (Wildman–Crippen MR) is 230 cm³/mol. The summed E-state index contributed by atoms with van der Waals surface area (Å²) in [6, 6.07) is 0. The fraction of sp³-hybridized carbons (Fsp3) is 0.745. The molecule has 3 heterocycles. The molecular formula is C47H75NO13. The topological polar surface area (TPSA) is 169 Å². The van der Waals surface area contributed by atoms with E-state index < -0.39 is 65.8 Å². The number of amides is 1. The summed E-state index contributed by atoms with van der Waals surface area (Å²) in [6.45, 7) is 12.8. The standard InChI is InChI=1S/C47H75NO13/c1-29-16-19-36(54-9)24-37-14-13-15-38(60-37)25-41(56-11)47(27-58-47)42(57-12)26-40(55-10)33(5)46(61-43(52)21-17-29)34(6)44(53)30(2)18-20-39(51)32(4)45(59-35(7)50)31(3)22-23-48(8)28-49/h13-14,16-17,21-23,28,30-34,36-38,40-42,44-46,53H,15,18-20,24-27H2,1-12H3. The van der Waals surface area contributed by atoms with Crippen molar-refractivity contribution in [2.24, 2.45) is 29.6 Å². The minimum absolute atomic E-state index is 0.0943. The summed E-state index contributed by atoms with van der Waals surface area (Å²) in [7, 11) is 8.20. The van der Waals surface area contributed by atoms with Crippen LogP contribution in [0.5, 0.6) is 0 Å². The van der Waals surface area contributed by atoms with Crippen LogP contribution in [0.4, 0.5) is 0 Å². The van der Waals surface area contributed by atoms with E-state index in [-0.39, 0.29) is 48.5 Å². The Morgan fingerprint density at radius 2 is 1.67 bits per heavy atom. The van der Waals surface area contributed by atoms with Gasteiger partial charge in [0, 0.05) is 98.1 Å². The monoisotopic (exact) mass is 862 g/mol. The molecule has 15 unspecified atom stereocenters. The van der Waals surface area contributed by atoms with Gasteiger partial charge in [0.05, 0.1) is 55.3 Å². The number of aliphatic hydroxyl groups excluding tert-OH is 1. The van der Waals surface area contributed by atoms with Crippen molar-refractivity contribution in [3.05, 3.63) is 48.2 Å². The molecule has 14 nitrogen and oxygen atoms in total. The Kier molecular flexibility index (Phi) is 21.5. The van der Waals surface area contributed by atoms with Crippen LogP contribution in [0.2, 0.25) is 0 Å². The number of nitrogens with zero attached hydrogens (tertiary/aromatic N) is 1. The maximum Gasteiger partial charge on any atom is 0.331 e. The van der Waals surface area contributed by atoms with E-state index >= 15 is 0 Å². The zero-order valence-corrected chi connectivity index (χ0v) is 38.7. The van der Waals surface area contributed by atoms with E-state index in [0.29, 0.717) is 45.1 Å². The Labute approximate surface area is 364 Å². The summed E-state index contributed by atoms with van der Waals surface area (Å²) in [5.74, 6) is -3.60.